The average molecular weight is 162 g/mol. The zero-order chi connectivity index (χ0) is 7.82. The molecule has 0 nitrogen and oxygen atoms in total. The predicted molar refractivity (Wildman–Crippen MR) is 48.4 cm³/mol. The zero-order valence-corrected chi connectivity index (χ0v) is 7.66. The van der Waals surface area contributed by atoms with Crippen molar-refractivity contribution in [3.63, 3.8) is 0 Å². The van der Waals surface area contributed by atoms with E-state index in [4.69, 9.17) is 11.6 Å². The SMILES string of the molecule is [CH2]CCCC(Cl)CCCC. The maximum Gasteiger partial charge on any atom is 0.0336 e. The first-order valence-corrected chi connectivity index (χ1v) is 4.68. The van der Waals surface area contributed by atoms with Crippen molar-refractivity contribution in [1.29, 1.82) is 0 Å². The molecule has 0 spiro atoms. The molecule has 1 heteroatoms. The Kier molecular flexibility index (Phi) is 7.61. The maximum absolute atomic E-state index is 6.01. The van der Waals surface area contributed by atoms with E-state index in [1.807, 2.05) is 0 Å². The summed E-state index contributed by atoms with van der Waals surface area (Å²) in [5.41, 5.74) is 0. The van der Waals surface area contributed by atoms with E-state index < -0.39 is 0 Å². The summed E-state index contributed by atoms with van der Waals surface area (Å²) in [6.07, 6.45) is 7.05. The van der Waals surface area contributed by atoms with Crippen molar-refractivity contribution < 1.29 is 0 Å². The van der Waals surface area contributed by atoms with Crippen LogP contribution in [0.4, 0.5) is 0 Å². The van der Waals surface area contributed by atoms with Crippen LogP contribution in [-0.4, -0.2) is 5.38 Å². The lowest BCUT2D eigenvalue weighted by Crippen LogP contribution is -1.97. The Morgan fingerprint density at radius 1 is 1.30 bits per heavy atom. The Morgan fingerprint density at radius 2 is 1.90 bits per heavy atom. The zero-order valence-electron chi connectivity index (χ0n) is 6.91. The fourth-order valence-electron chi connectivity index (χ4n) is 0.936. The van der Waals surface area contributed by atoms with Crippen molar-refractivity contribution in [2.24, 2.45) is 0 Å². The first-order chi connectivity index (χ1) is 4.81. The summed E-state index contributed by atoms with van der Waals surface area (Å²) < 4.78 is 0. The van der Waals surface area contributed by atoms with Crippen molar-refractivity contribution in [2.45, 2.75) is 50.8 Å². The minimum Gasteiger partial charge on any atom is -0.123 e. The Morgan fingerprint density at radius 3 is 2.40 bits per heavy atom. The van der Waals surface area contributed by atoms with Gasteiger partial charge in [-0.1, -0.05) is 39.5 Å². The second kappa shape index (κ2) is 7.40. The average Bonchev–Trinajstić information content (AvgIpc) is 1.97. The van der Waals surface area contributed by atoms with Gasteiger partial charge in [0.05, 0.1) is 0 Å². The van der Waals surface area contributed by atoms with Crippen LogP contribution >= 0.6 is 11.6 Å². The summed E-state index contributed by atoms with van der Waals surface area (Å²) in [5, 5.41) is 0.404. The molecule has 0 aliphatic rings. The number of halogens is 1. The van der Waals surface area contributed by atoms with Crippen molar-refractivity contribution in [3.05, 3.63) is 6.92 Å². The third-order valence-electron chi connectivity index (χ3n) is 1.64. The molecule has 0 N–H and O–H groups in total. The minimum absolute atomic E-state index is 0.404. The summed E-state index contributed by atoms with van der Waals surface area (Å²) in [4.78, 5) is 0. The molecule has 61 valence electrons. The van der Waals surface area contributed by atoms with Crippen LogP contribution in [0.3, 0.4) is 0 Å². The van der Waals surface area contributed by atoms with E-state index in [1.165, 1.54) is 25.7 Å². The standard InChI is InChI=1S/C9H18Cl/c1-3-5-7-9(10)8-6-4-2/h9H,1,3-8H2,2H3. The van der Waals surface area contributed by atoms with Gasteiger partial charge in [0, 0.05) is 5.38 Å². The Hall–Kier alpha value is 0.290. The van der Waals surface area contributed by atoms with E-state index in [9.17, 15) is 0 Å². The predicted octanol–water partition coefficient (Wildman–Crippen LogP) is 3.79. The van der Waals surface area contributed by atoms with E-state index in [0.717, 1.165) is 12.8 Å². The lowest BCUT2D eigenvalue weighted by atomic mass is 10.1. The highest BCUT2D eigenvalue weighted by atomic mass is 35.5. The van der Waals surface area contributed by atoms with E-state index >= 15 is 0 Å². The molecule has 10 heavy (non-hydrogen) atoms. The molecule has 1 radical (unpaired) electrons. The summed E-state index contributed by atoms with van der Waals surface area (Å²) in [7, 11) is 0. The van der Waals surface area contributed by atoms with Gasteiger partial charge >= 0.3 is 0 Å². The number of rotatable bonds is 6. The second-order valence-corrected chi connectivity index (χ2v) is 3.35. The van der Waals surface area contributed by atoms with E-state index in [2.05, 4.69) is 13.8 Å². The maximum atomic E-state index is 6.01. The van der Waals surface area contributed by atoms with Crippen molar-refractivity contribution in [3.8, 4) is 0 Å². The van der Waals surface area contributed by atoms with Gasteiger partial charge in [-0.2, -0.15) is 0 Å². The first-order valence-electron chi connectivity index (χ1n) is 4.24. The lowest BCUT2D eigenvalue weighted by molar-refractivity contribution is 0.618. The number of alkyl halides is 1. The van der Waals surface area contributed by atoms with Crippen molar-refractivity contribution >= 4 is 11.6 Å². The Balaban J connectivity index is 3.00. The lowest BCUT2D eigenvalue weighted by Gasteiger charge is -2.06. The van der Waals surface area contributed by atoms with Crippen molar-refractivity contribution in [2.75, 3.05) is 0 Å². The molecule has 0 aromatic heterocycles. The van der Waals surface area contributed by atoms with Crippen LogP contribution in [0.15, 0.2) is 0 Å². The third kappa shape index (κ3) is 6.41. The first kappa shape index (κ1) is 10.3. The van der Waals surface area contributed by atoms with Crippen LogP contribution in [-0.2, 0) is 0 Å². The van der Waals surface area contributed by atoms with Gasteiger partial charge in [0.15, 0.2) is 0 Å². The highest BCUT2D eigenvalue weighted by Crippen LogP contribution is 2.13. The normalized spacial score (nSPS) is 10.8. The van der Waals surface area contributed by atoms with Gasteiger partial charge < -0.3 is 0 Å². The van der Waals surface area contributed by atoms with Gasteiger partial charge in [-0.25, -0.2) is 0 Å². The summed E-state index contributed by atoms with van der Waals surface area (Å²) in [5.74, 6) is 0. The largest absolute Gasteiger partial charge is 0.123 e. The van der Waals surface area contributed by atoms with Gasteiger partial charge in [-0.3, -0.25) is 0 Å². The fourth-order valence-corrected chi connectivity index (χ4v) is 1.24. The molecule has 0 bridgehead atoms. The topological polar surface area (TPSA) is 0 Å². The number of hydrogen-bond acceptors (Lipinski definition) is 0. The molecule has 0 amide bonds. The molecule has 0 heterocycles. The number of hydrogen-bond donors (Lipinski definition) is 0. The quantitative estimate of drug-likeness (QED) is 0.520. The van der Waals surface area contributed by atoms with Crippen LogP contribution < -0.4 is 0 Å². The van der Waals surface area contributed by atoms with Crippen LogP contribution in [0.1, 0.15) is 45.4 Å². The Labute approximate surface area is 70.0 Å². The molecular weight excluding hydrogens is 144 g/mol. The Bertz CT molecular complexity index is 53.7. The highest BCUT2D eigenvalue weighted by molar-refractivity contribution is 6.20. The van der Waals surface area contributed by atoms with E-state index in [0.29, 0.717) is 5.38 Å². The minimum atomic E-state index is 0.404. The van der Waals surface area contributed by atoms with Crippen LogP contribution in [0.2, 0.25) is 0 Å². The summed E-state index contributed by atoms with van der Waals surface area (Å²) >= 11 is 6.01. The van der Waals surface area contributed by atoms with E-state index in [-0.39, 0.29) is 0 Å². The van der Waals surface area contributed by atoms with Crippen LogP contribution in [0, 0.1) is 6.92 Å². The smallest absolute Gasteiger partial charge is 0.0336 e. The molecule has 0 rings (SSSR count). The summed E-state index contributed by atoms with van der Waals surface area (Å²) in [6, 6.07) is 0. The molecular formula is C9H18Cl. The van der Waals surface area contributed by atoms with E-state index in [1.54, 1.807) is 0 Å². The molecule has 0 fully saturated rings. The molecule has 0 aromatic carbocycles. The van der Waals surface area contributed by atoms with Crippen LogP contribution in [0.5, 0.6) is 0 Å². The molecule has 1 atom stereocenters. The van der Waals surface area contributed by atoms with Gasteiger partial charge in [-0.05, 0) is 12.8 Å². The fraction of sp³-hybridized carbons (Fsp3) is 0.889. The van der Waals surface area contributed by atoms with Gasteiger partial charge in [-0.15, -0.1) is 11.6 Å². The van der Waals surface area contributed by atoms with Gasteiger partial charge in [0.1, 0.15) is 0 Å². The van der Waals surface area contributed by atoms with Crippen molar-refractivity contribution in [1.82, 2.24) is 0 Å². The molecule has 0 aliphatic carbocycles. The molecule has 0 saturated heterocycles. The molecule has 1 unspecified atom stereocenters. The summed E-state index contributed by atoms with van der Waals surface area (Å²) in [6.45, 7) is 5.98. The van der Waals surface area contributed by atoms with Crippen LogP contribution in [0.25, 0.3) is 0 Å². The number of unbranched alkanes of at least 4 members (excludes halogenated alkanes) is 2. The third-order valence-corrected chi connectivity index (χ3v) is 2.07. The monoisotopic (exact) mass is 161 g/mol. The molecule has 0 saturated carbocycles. The molecule has 0 aliphatic heterocycles. The second-order valence-electron chi connectivity index (χ2n) is 2.74. The molecule has 0 aromatic rings. The van der Waals surface area contributed by atoms with Gasteiger partial charge in [0.25, 0.3) is 0 Å². The van der Waals surface area contributed by atoms with Gasteiger partial charge in [0.2, 0.25) is 0 Å². The highest BCUT2D eigenvalue weighted by Gasteiger charge is 2.01.